The van der Waals surface area contributed by atoms with E-state index in [9.17, 15) is 9.59 Å². The van der Waals surface area contributed by atoms with Crippen molar-refractivity contribution in [2.24, 2.45) is 0 Å². The van der Waals surface area contributed by atoms with E-state index in [0.717, 1.165) is 16.5 Å². The van der Waals surface area contributed by atoms with Crippen LogP contribution in [0, 0.1) is 0 Å². The summed E-state index contributed by atoms with van der Waals surface area (Å²) >= 11 is 9.50. The summed E-state index contributed by atoms with van der Waals surface area (Å²) in [5, 5.41) is 7.48. The molecule has 0 bridgehead atoms. The van der Waals surface area contributed by atoms with Crippen LogP contribution in [0.4, 0.5) is 11.6 Å². The molecule has 148 valence electrons. The van der Waals surface area contributed by atoms with Crippen molar-refractivity contribution in [1.82, 2.24) is 14.8 Å². The Labute approximate surface area is 180 Å². The molecule has 1 saturated heterocycles. The van der Waals surface area contributed by atoms with E-state index in [1.54, 1.807) is 34.1 Å². The van der Waals surface area contributed by atoms with Crippen molar-refractivity contribution >= 4 is 51.0 Å². The Balaban J connectivity index is 1.51. The van der Waals surface area contributed by atoms with Gasteiger partial charge < -0.3 is 4.90 Å². The summed E-state index contributed by atoms with van der Waals surface area (Å²) in [5.74, 6) is -0.211. The lowest BCUT2D eigenvalue weighted by atomic mass is 10.1. The lowest BCUT2D eigenvalue weighted by Gasteiger charge is -2.19. The van der Waals surface area contributed by atoms with Gasteiger partial charge in [-0.2, -0.15) is 0 Å². The molecule has 1 fully saturated rings. The SMILES string of the molecule is O=C(Nc1ncn(Cc2ccc(Br)cc2)n1)c1ccc(Cl)cc1N1CCCC1=O. The number of hydrogen-bond acceptors (Lipinski definition) is 4. The lowest BCUT2D eigenvalue weighted by molar-refractivity contribution is -0.117. The third-order valence-corrected chi connectivity index (χ3v) is 5.35. The van der Waals surface area contributed by atoms with Gasteiger partial charge in [-0.1, -0.05) is 39.7 Å². The molecule has 0 saturated carbocycles. The standard InChI is InChI=1S/C20H17BrClN5O2/c21-14-5-3-13(4-6-14)11-26-12-23-20(25-26)24-19(29)16-8-7-15(22)10-17(16)27-9-1-2-18(27)28/h3-8,10,12H,1-2,9,11H2,(H,24,25,29). The van der Waals surface area contributed by atoms with Crippen LogP contribution >= 0.6 is 27.5 Å². The maximum atomic E-state index is 12.8. The summed E-state index contributed by atoms with van der Waals surface area (Å²) in [4.78, 5) is 30.7. The lowest BCUT2D eigenvalue weighted by Crippen LogP contribution is -2.27. The highest BCUT2D eigenvalue weighted by molar-refractivity contribution is 9.10. The molecular weight excluding hydrogens is 458 g/mol. The molecule has 7 nitrogen and oxygen atoms in total. The molecular formula is C20H17BrClN5O2. The molecule has 4 rings (SSSR count). The van der Waals surface area contributed by atoms with Crippen molar-refractivity contribution in [1.29, 1.82) is 0 Å². The van der Waals surface area contributed by atoms with Crippen LogP contribution in [0.2, 0.25) is 5.02 Å². The molecule has 1 aliphatic rings. The van der Waals surface area contributed by atoms with E-state index in [0.29, 0.717) is 35.8 Å². The minimum atomic E-state index is -0.391. The molecule has 0 spiro atoms. The van der Waals surface area contributed by atoms with Gasteiger partial charge in [0.1, 0.15) is 6.33 Å². The molecule has 0 radical (unpaired) electrons. The Hall–Kier alpha value is -2.71. The van der Waals surface area contributed by atoms with Crippen molar-refractivity contribution in [3.63, 3.8) is 0 Å². The number of carbonyl (C=O) groups excluding carboxylic acids is 2. The van der Waals surface area contributed by atoms with Crippen molar-refractivity contribution in [2.75, 3.05) is 16.8 Å². The van der Waals surface area contributed by atoms with Crippen molar-refractivity contribution < 1.29 is 9.59 Å². The summed E-state index contributed by atoms with van der Waals surface area (Å²) in [5.41, 5.74) is 1.92. The summed E-state index contributed by atoms with van der Waals surface area (Å²) in [7, 11) is 0. The van der Waals surface area contributed by atoms with Crippen molar-refractivity contribution in [2.45, 2.75) is 19.4 Å². The van der Waals surface area contributed by atoms with Gasteiger partial charge >= 0.3 is 0 Å². The first-order valence-corrected chi connectivity index (χ1v) is 10.2. The van der Waals surface area contributed by atoms with E-state index in [-0.39, 0.29) is 11.9 Å². The second-order valence-corrected chi connectivity index (χ2v) is 8.01. The van der Waals surface area contributed by atoms with Crippen molar-refractivity contribution in [3.8, 4) is 0 Å². The number of nitrogens with zero attached hydrogens (tertiary/aromatic N) is 4. The molecule has 1 aromatic heterocycles. The summed E-state index contributed by atoms with van der Waals surface area (Å²) in [6, 6.07) is 12.7. The minimum absolute atomic E-state index is 0.0155. The summed E-state index contributed by atoms with van der Waals surface area (Å²) in [6.07, 6.45) is 2.79. The number of anilines is 2. The largest absolute Gasteiger partial charge is 0.312 e. The molecule has 1 aliphatic heterocycles. The van der Waals surface area contributed by atoms with Crippen LogP contribution in [0.5, 0.6) is 0 Å². The number of hydrogen-bond donors (Lipinski definition) is 1. The van der Waals surface area contributed by atoms with E-state index in [4.69, 9.17) is 11.6 Å². The van der Waals surface area contributed by atoms with Crippen LogP contribution in [-0.4, -0.2) is 33.1 Å². The van der Waals surface area contributed by atoms with E-state index in [1.807, 2.05) is 24.3 Å². The van der Waals surface area contributed by atoms with E-state index in [1.165, 1.54) is 0 Å². The second-order valence-electron chi connectivity index (χ2n) is 6.66. The number of halogens is 2. The quantitative estimate of drug-likeness (QED) is 0.603. The van der Waals surface area contributed by atoms with Crippen LogP contribution in [0.15, 0.2) is 53.3 Å². The first-order valence-electron chi connectivity index (χ1n) is 9.05. The predicted molar refractivity (Wildman–Crippen MR) is 114 cm³/mol. The maximum absolute atomic E-state index is 12.8. The van der Waals surface area contributed by atoms with Crippen molar-refractivity contribution in [3.05, 3.63) is 69.4 Å². The predicted octanol–water partition coefficient (Wildman–Crippen LogP) is 4.12. The average Bonchev–Trinajstić information content (AvgIpc) is 3.32. The zero-order valence-corrected chi connectivity index (χ0v) is 17.7. The highest BCUT2D eigenvalue weighted by Gasteiger charge is 2.26. The third kappa shape index (κ3) is 4.49. The molecule has 2 amide bonds. The highest BCUT2D eigenvalue weighted by atomic mass is 79.9. The van der Waals surface area contributed by atoms with Gasteiger partial charge in [0, 0.05) is 22.5 Å². The molecule has 29 heavy (non-hydrogen) atoms. The molecule has 1 N–H and O–H groups in total. The van der Waals surface area contributed by atoms with Gasteiger partial charge in [-0.05, 0) is 42.3 Å². The Kier molecular flexibility index (Phi) is 5.64. The number of aromatic nitrogens is 3. The number of amides is 2. The number of nitrogens with one attached hydrogen (secondary N) is 1. The molecule has 0 aliphatic carbocycles. The fourth-order valence-corrected chi connectivity index (χ4v) is 3.63. The molecule has 2 heterocycles. The van der Waals surface area contributed by atoms with Gasteiger partial charge in [0.25, 0.3) is 5.91 Å². The second kappa shape index (κ2) is 8.34. The zero-order valence-electron chi connectivity index (χ0n) is 15.3. The molecule has 9 heteroatoms. The minimum Gasteiger partial charge on any atom is -0.312 e. The summed E-state index contributed by atoms with van der Waals surface area (Å²) in [6.45, 7) is 1.10. The van der Waals surface area contributed by atoms with Gasteiger partial charge in [0.05, 0.1) is 17.8 Å². The number of carbonyl (C=O) groups is 2. The Morgan fingerprint density at radius 1 is 1.21 bits per heavy atom. The van der Waals surface area contributed by atoms with Crippen LogP contribution in [0.25, 0.3) is 0 Å². The topological polar surface area (TPSA) is 80.1 Å². The van der Waals surface area contributed by atoms with E-state index < -0.39 is 5.91 Å². The Bertz CT molecular complexity index is 1070. The van der Waals surface area contributed by atoms with Gasteiger partial charge in [0.2, 0.25) is 11.9 Å². The molecule has 0 unspecified atom stereocenters. The van der Waals surface area contributed by atoms with E-state index in [2.05, 4.69) is 31.3 Å². The highest BCUT2D eigenvalue weighted by Crippen LogP contribution is 2.29. The van der Waals surface area contributed by atoms with Gasteiger partial charge in [-0.3, -0.25) is 14.9 Å². The zero-order chi connectivity index (χ0) is 20.4. The molecule has 3 aromatic rings. The maximum Gasteiger partial charge on any atom is 0.260 e. The van der Waals surface area contributed by atoms with Gasteiger partial charge in [-0.25, -0.2) is 9.67 Å². The Morgan fingerprint density at radius 3 is 2.72 bits per heavy atom. The summed E-state index contributed by atoms with van der Waals surface area (Å²) < 4.78 is 2.65. The first kappa shape index (κ1) is 19.6. The van der Waals surface area contributed by atoms with Crippen LogP contribution in [0.3, 0.4) is 0 Å². The smallest absolute Gasteiger partial charge is 0.260 e. The first-order chi connectivity index (χ1) is 14.0. The van der Waals surface area contributed by atoms with Crippen LogP contribution in [-0.2, 0) is 11.3 Å². The molecule has 2 aromatic carbocycles. The monoisotopic (exact) mass is 473 g/mol. The third-order valence-electron chi connectivity index (χ3n) is 4.59. The van der Waals surface area contributed by atoms with E-state index >= 15 is 0 Å². The fourth-order valence-electron chi connectivity index (χ4n) is 3.20. The van der Waals surface area contributed by atoms with Gasteiger partial charge in [0.15, 0.2) is 0 Å². The number of benzene rings is 2. The Morgan fingerprint density at radius 2 is 2.00 bits per heavy atom. The van der Waals surface area contributed by atoms with Crippen LogP contribution < -0.4 is 10.2 Å². The van der Waals surface area contributed by atoms with Gasteiger partial charge in [-0.15, -0.1) is 5.10 Å². The normalized spacial score (nSPS) is 13.7. The van der Waals surface area contributed by atoms with Crippen LogP contribution in [0.1, 0.15) is 28.8 Å². The number of rotatable bonds is 5. The average molecular weight is 475 g/mol. The molecule has 0 atom stereocenters. The fraction of sp³-hybridized carbons (Fsp3) is 0.200.